The predicted molar refractivity (Wildman–Crippen MR) is 93.4 cm³/mol. The van der Waals surface area contributed by atoms with E-state index in [1.807, 2.05) is 38.1 Å². The number of hydrogen-bond acceptors (Lipinski definition) is 5. The molecule has 0 saturated carbocycles. The van der Waals surface area contributed by atoms with Crippen molar-refractivity contribution in [2.75, 3.05) is 11.9 Å². The molecule has 5 nitrogen and oxygen atoms in total. The molecule has 1 heterocycles. The van der Waals surface area contributed by atoms with E-state index in [-0.39, 0.29) is 25.2 Å². The Morgan fingerprint density at radius 1 is 1.08 bits per heavy atom. The van der Waals surface area contributed by atoms with Crippen LogP contribution < -0.4 is 5.32 Å². The number of carbonyl (C=O) groups excluding carboxylic acids is 3. The minimum absolute atomic E-state index is 0.0342. The van der Waals surface area contributed by atoms with Crippen LogP contribution in [0.4, 0.5) is 5.69 Å². The summed E-state index contributed by atoms with van der Waals surface area (Å²) in [5.41, 5.74) is 1.67. The maximum atomic E-state index is 11.9. The number of ketones is 1. The molecule has 0 saturated heterocycles. The van der Waals surface area contributed by atoms with Crippen LogP contribution in [-0.4, -0.2) is 24.3 Å². The molecule has 0 unspecified atom stereocenters. The third-order valence-electron chi connectivity index (χ3n) is 3.24. The first kappa shape index (κ1) is 17.9. The van der Waals surface area contributed by atoms with E-state index >= 15 is 0 Å². The standard InChI is InChI=1S/C18H19NO4S/c1-12-4-3-5-14(10-12)19-17(21)11-23-18(22)9-7-15(20)16-8-6-13(2)24-16/h3-6,8,10H,7,9,11H2,1-2H3,(H,19,21). The molecule has 0 aliphatic carbocycles. The van der Waals surface area contributed by atoms with Crippen LogP contribution in [0.15, 0.2) is 36.4 Å². The summed E-state index contributed by atoms with van der Waals surface area (Å²) in [7, 11) is 0. The molecule has 2 aromatic rings. The Kier molecular flexibility index (Phi) is 6.26. The van der Waals surface area contributed by atoms with Crippen LogP contribution >= 0.6 is 11.3 Å². The highest BCUT2D eigenvalue weighted by atomic mass is 32.1. The first-order valence-electron chi connectivity index (χ1n) is 7.56. The van der Waals surface area contributed by atoms with Gasteiger partial charge in [0.1, 0.15) is 0 Å². The summed E-state index contributed by atoms with van der Waals surface area (Å²) in [6, 6.07) is 10.9. The fourth-order valence-corrected chi connectivity index (χ4v) is 2.90. The summed E-state index contributed by atoms with van der Waals surface area (Å²) < 4.78 is 4.90. The van der Waals surface area contributed by atoms with Crippen LogP contribution in [0.2, 0.25) is 0 Å². The highest BCUT2D eigenvalue weighted by Gasteiger charge is 2.13. The fraction of sp³-hybridized carbons (Fsp3) is 0.278. The number of thiophene rings is 1. The molecule has 1 aromatic carbocycles. The second-order valence-electron chi connectivity index (χ2n) is 5.41. The second kappa shape index (κ2) is 8.40. The zero-order valence-corrected chi connectivity index (χ0v) is 14.4. The van der Waals surface area contributed by atoms with E-state index in [4.69, 9.17) is 4.74 Å². The summed E-state index contributed by atoms with van der Waals surface area (Å²) in [6.07, 6.45) is 0.0474. The van der Waals surface area contributed by atoms with Gasteiger partial charge in [0, 0.05) is 17.0 Å². The summed E-state index contributed by atoms with van der Waals surface area (Å²) >= 11 is 1.40. The van der Waals surface area contributed by atoms with Crippen molar-refractivity contribution in [2.24, 2.45) is 0 Å². The molecule has 1 amide bonds. The Morgan fingerprint density at radius 3 is 2.54 bits per heavy atom. The van der Waals surface area contributed by atoms with Crippen molar-refractivity contribution in [3.8, 4) is 0 Å². The molecule has 1 aromatic heterocycles. The molecule has 0 aliphatic rings. The molecule has 1 N–H and O–H groups in total. The quantitative estimate of drug-likeness (QED) is 0.616. The number of hydrogen-bond donors (Lipinski definition) is 1. The number of esters is 1. The van der Waals surface area contributed by atoms with Crippen molar-refractivity contribution < 1.29 is 19.1 Å². The summed E-state index contributed by atoms with van der Waals surface area (Å²) in [5.74, 6) is -1.06. The lowest BCUT2D eigenvalue weighted by molar-refractivity contribution is -0.147. The summed E-state index contributed by atoms with van der Waals surface area (Å²) in [4.78, 5) is 37.0. The van der Waals surface area contributed by atoms with Gasteiger partial charge in [-0.2, -0.15) is 0 Å². The molecule has 0 atom stereocenters. The Balaban J connectivity index is 1.71. The number of benzene rings is 1. The van der Waals surface area contributed by atoms with Crippen LogP contribution in [0.25, 0.3) is 0 Å². The van der Waals surface area contributed by atoms with Crippen LogP contribution in [0.3, 0.4) is 0 Å². The van der Waals surface area contributed by atoms with E-state index in [9.17, 15) is 14.4 Å². The van der Waals surface area contributed by atoms with E-state index in [1.165, 1.54) is 11.3 Å². The molecule has 0 bridgehead atoms. The molecule has 0 fully saturated rings. The third kappa shape index (κ3) is 5.62. The zero-order valence-electron chi connectivity index (χ0n) is 13.6. The SMILES string of the molecule is Cc1cccc(NC(=O)COC(=O)CCC(=O)c2ccc(C)s2)c1. The average Bonchev–Trinajstić information content (AvgIpc) is 2.97. The largest absolute Gasteiger partial charge is 0.456 e. The number of Topliss-reactive ketones (excluding diaryl/α,β-unsaturated/α-hetero) is 1. The molecular weight excluding hydrogens is 326 g/mol. The van der Waals surface area contributed by atoms with Gasteiger partial charge in [-0.3, -0.25) is 14.4 Å². The normalized spacial score (nSPS) is 10.2. The number of rotatable bonds is 7. The van der Waals surface area contributed by atoms with Crippen molar-refractivity contribution in [2.45, 2.75) is 26.7 Å². The first-order valence-corrected chi connectivity index (χ1v) is 8.37. The van der Waals surface area contributed by atoms with Gasteiger partial charge in [0.15, 0.2) is 12.4 Å². The van der Waals surface area contributed by atoms with Gasteiger partial charge in [-0.1, -0.05) is 12.1 Å². The van der Waals surface area contributed by atoms with Gasteiger partial charge in [-0.15, -0.1) is 11.3 Å². The molecule has 0 spiro atoms. The minimum Gasteiger partial charge on any atom is -0.456 e. The molecule has 0 aliphatic heterocycles. The van der Waals surface area contributed by atoms with Crippen molar-refractivity contribution in [1.82, 2.24) is 0 Å². The smallest absolute Gasteiger partial charge is 0.306 e. The predicted octanol–water partition coefficient (Wildman–Crippen LogP) is 3.51. The van der Waals surface area contributed by atoms with Gasteiger partial charge < -0.3 is 10.1 Å². The monoisotopic (exact) mass is 345 g/mol. The molecule has 126 valence electrons. The second-order valence-corrected chi connectivity index (χ2v) is 6.70. The Morgan fingerprint density at radius 2 is 1.88 bits per heavy atom. The summed E-state index contributed by atoms with van der Waals surface area (Å²) in [5, 5.41) is 2.65. The van der Waals surface area contributed by atoms with E-state index < -0.39 is 11.9 Å². The van der Waals surface area contributed by atoms with Crippen LogP contribution in [0.1, 0.15) is 33.0 Å². The lowest BCUT2D eigenvalue weighted by Crippen LogP contribution is -2.21. The first-order chi connectivity index (χ1) is 11.4. The number of nitrogens with one attached hydrogen (secondary N) is 1. The van der Waals surface area contributed by atoms with Crippen molar-refractivity contribution in [3.63, 3.8) is 0 Å². The fourth-order valence-electron chi connectivity index (χ4n) is 2.06. The average molecular weight is 345 g/mol. The van der Waals surface area contributed by atoms with Crippen molar-refractivity contribution in [3.05, 3.63) is 51.7 Å². The van der Waals surface area contributed by atoms with Gasteiger partial charge in [0.25, 0.3) is 5.91 Å². The Bertz CT molecular complexity index is 751. The number of carbonyl (C=O) groups is 3. The van der Waals surface area contributed by atoms with Crippen LogP contribution in [0, 0.1) is 13.8 Å². The number of amides is 1. The van der Waals surface area contributed by atoms with Gasteiger partial charge in [-0.05, 0) is 43.7 Å². The molecule has 0 radical (unpaired) electrons. The van der Waals surface area contributed by atoms with Gasteiger partial charge in [-0.25, -0.2) is 0 Å². The maximum Gasteiger partial charge on any atom is 0.306 e. The lowest BCUT2D eigenvalue weighted by Gasteiger charge is -2.07. The maximum absolute atomic E-state index is 11.9. The van der Waals surface area contributed by atoms with Crippen molar-refractivity contribution in [1.29, 1.82) is 0 Å². The van der Waals surface area contributed by atoms with E-state index in [1.54, 1.807) is 12.1 Å². The van der Waals surface area contributed by atoms with Crippen LogP contribution in [0.5, 0.6) is 0 Å². The minimum atomic E-state index is -0.559. The topological polar surface area (TPSA) is 72.5 Å². The molecule has 24 heavy (non-hydrogen) atoms. The van der Waals surface area contributed by atoms with E-state index in [0.29, 0.717) is 10.6 Å². The lowest BCUT2D eigenvalue weighted by atomic mass is 10.2. The highest BCUT2D eigenvalue weighted by Crippen LogP contribution is 2.17. The molecular formula is C18H19NO4S. The Hall–Kier alpha value is -2.47. The van der Waals surface area contributed by atoms with Gasteiger partial charge in [0.2, 0.25) is 0 Å². The van der Waals surface area contributed by atoms with Gasteiger partial charge in [0.05, 0.1) is 11.3 Å². The number of ether oxygens (including phenoxy) is 1. The van der Waals surface area contributed by atoms with E-state index in [2.05, 4.69) is 5.32 Å². The molecule has 2 rings (SSSR count). The zero-order chi connectivity index (χ0) is 17.5. The number of aryl methyl sites for hydroxylation is 2. The van der Waals surface area contributed by atoms with Crippen LogP contribution in [-0.2, 0) is 14.3 Å². The highest BCUT2D eigenvalue weighted by molar-refractivity contribution is 7.14. The van der Waals surface area contributed by atoms with Gasteiger partial charge >= 0.3 is 5.97 Å². The Labute approximate surface area is 144 Å². The van der Waals surface area contributed by atoms with Crippen molar-refractivity contribution >= 4 is 34.7 Å². The third-order valence-corrected chi connectivity index (χ3v) is 4.28. The summed E-state index contributed by atoms with van der Waals surface area (Å²) in [6.45, 7) is 3.48. The molecule has 6 heteroatoms. The van der Waals surface area contributed by atoms with E-state index in [0.717, 1.165) is 10.4 Å². The number of anilines is 1.